The molecule has 0 saturated heterocycles. The number of rotatable bonds is 4. The molecule has 8 nitrogen and oxygen atoms in total. The topological polar surface area (TPSA) is 110 Å². The van der Waals surface area contributed by atoms with E-state index in [2.05, 4.69) is 25.7 Å². The molecule has 0 bridgehead atoms. The van der Waals surface area contributed by atoms with Gasteiger partial charge < -0.3 is 5.11 Å². The number of carboxylic acids is 1. The summed E-state index contributed by atoms with van der Waals surface area (Å²) in [4.78, 5) is 11.3. The molecule has 0 unspecified atom stereocenters. The zero-order chi connectivity index (χ0) is 12.6. The van der Waals surface area contributed by atoms with Gasteiger partial charge in [-0.1, -0.05) is 6.42 Å². The highest BCUT2D eigenvalue weighted by molar-refractivity contribution is 5.75. The van der Waals surface area contributed by atoms with E-state index in [0.29, 0.717) is 25.2 Å². The van der Waals surface area contributed by atoms with Crippen LogP contribution in [0.1, 0.15) is 19.3 Å². The van der Waals surface area contributed by atoms with Gasteiger partial charge in [0.1, 0.15) is 0 Å². The summed E-state index contributed by atoms with van der Waals surface area (Å²) in [5, 5.41) is 27.2. The number of H-pyrrole nitrogens is 1. The van der Waals surface area contributed by atoms with E-state index >= 15 is 0 Å². The molecule has 2 heterocycles. The summed E-state index contributed by atoms with van der Waals surface area (Å²) in [6.45, 7) is 0.301. The van der Waals surface area contributed by atoms with Gasteiger partial charge in [-0.25, -0.2) is 4.68 Å². The zero-order valence-corrected chi connectivity index (χ0v) is 9.57. The molecule has 2 aromatic rings. The fourth-order valence-electron chi connectivity index (χ4n) is 2.22. The molecule has 0 aromatic carbocycles. The van der Waals surface area contributed by atoms with Crippen molar-refractivity contribution < 1.29 is 9.90 Å². The first-order chi connectivity index (χ1) is 8.71. The van der Waals surface area contributed by atoms with Gasteiger partial charge in [-0.05, 0) is 23.3 Å². The average molecular weight is 248 g/mol. The number of hydrogen-bond donors (Lipinski definition) is 2. The van der Waals surface area contributed by atoms with Gasteiger partial charge >= 0.3 is 5.97 Å². The minimum atomic E-state index is -0.776. The molecule has 1 fully saturated rings. The number of aromatic nitrogens is 6. The largest absolute Gasteiger partial charge is 0.481 e. The van der Waals surface area contributed by atoms with Crippen LogP contribution in [-0.4, -0.2) is 41.5 Å². The van der Waals surface area contributed by atoms with Gasteiger partial charge in [0.2, 0.25) is 0 Å². The number of aliphatic carboxylic acids is 1. The Morgan fingerprint density at radius 1 is 1.56 bits per heavy atom. The first kappa shape index (κ1) is 10.9. The van der Waals surface area contributed by atoms with Gasteiger partial charge in [0, 0.05) is 6.20 Å². The van der Waals surface area contributed by atoms with E-state index in [0.717, 1.165) is 12.0 Å². The van der Waals surface area contributed by atoms with Crippen molar-refractivity contribution in [2.24, 2.45) is 5.41 Å². The highest BCUT2D eigenvalue weighted by atomic mass is 16.4. The van der Waals surface area contributed by atoms with Crippen molar-refractivity contribution in [3.8, 4) is 11.4 Å². The molecular formula is C10H12N6O2. The van der Waals surface area contributed by atoms with Gasteiger partial charge in [0.25, 0.3) is 0 Å². The number of carboxylic acid groups (broad SMARTS) is 1. The molecule has 2 N–H and O–H groups in total. The van der Waals surface area contributed by atoms with E-state index in [4.69, 9.17) is 0 Å². The van der Waals surface area contributed by atoms with Crippen molar-refractivity contribution >= 4 is 5.97 Å². The summed E-state index contributed by atoms with van der Waals surface area (Å²) < 4.78 is 1.54. The van der Waals surface area contributed by atoms with E-state index in [1.54, 1.807) is 12.4 Å². The van der Waals surface area contributed by atoms with E-state index in [-0.39, 0.29) is 0 Å². The molecule has 0 radical (unpaired) electrons. The van der Waals surface area contributed by atoms with Crippen LogP contribution in [-0.2, 0) is 11.3 Å². The molecule has 0 amide bonds. The molecule has 8 heteroatoms. The highest BCUT2D eigenvalue weighted by Crippen LogP contribution is 2.42. The average Bonchev–Trinajstić information content (AvgIpc) is 2.93. The lowest BCUT2D eigenvalue weighted by Gasteiger charge is -2.37. The Kier molecular flexibility index (Phi) is 2.35. The number of nitrogens with one attached hydrogen (secondary N) is 1. The Labute approximate surface area is 102 Å². The minimum Gasteiger partial charge on any atom is -0.481 e. The van der Waals surface area contributed by atoms with Crippen LogP contribution in [0.4, 0.5) is 0 Å². The van der Waals surface area contributed by atoms with Crippen LogP contribution >= 0.6 is 0 Å². The molecule has 1 saturated carbocycles. The van der Waals surface area contributed by atoms with Crippen LogP contribution in [0.5, 0.6) is 0 Å². The lowest BCUT2D eigenvalue weighted by Crippen LogP contribution is -2.42. The summed E-state index contributed by atoms with van der Waals surface area (Å²) in [5.74, 6) is -0.237. The maximum absolute atomic E-state index is 11.3. The fourth-order valence-corrected chi connectivity index (χ4v) is 2.22. The molecule has 3 rings (SSSR count). The predicted octanol–water partition coefficient (Wildman–Crippen LogP) is 0.318. The SMILES string of the molecule is O=C(O)C1(Cn2nnnc2-c2cn[nH]c2)CCC1. The second kappa shape index (κ2) is 3.90. The van der Waals surface area contributed by atoms with Gasteiger partial charge in [-0.15, -0.1) is 5.10 Å². The fraction of sp³-hybridized carbons (Fsp3) is 0.500. The monoisotopic (exact) mass is 248 g/mol. The van der Waals surface area contributed by atoms with E-state index in [9.17, 15) is 9.90 Å². The second-order valence-corrected chi connectivity index (χ2v) is 4.59. The zero-order valence-electron chi connectivity index (χ0n) is 9.57. The summed E-state index contributed by atoms with van der Waals surface area (Å²) in [5.41, 5.74) is 0.0355. The van der Waals surface area contributed by atoms with Crippen LogP contribution in [0.15, 0.2) is 12.4 Å². The third-order valence-electron chi connectivity index (χ3n) is 3.51. The standard InChI is InChI=1S/C10H12N6O2/c17-9(18)10(2-1-3-10)6-16-8(13-14-15-16)7-4-11-12-5-7/h4-5H,1-3,6H2,(H,11,12)(H,17,18). The van der Waals surface area contributed by atoms with E-state index in [1.165, 1.54) is 4.68 Å². The van der Waals surface area contributed by atoms with Crippen LogP contribution in [0.3, 0.4) is 0 Å². The second-order valence-electron chi connectivity index (χ2n) is 4.59. The molecule has 0 atom stereocenters. The molecule has 2 aromatic heterocycles. The van der Waals surface area contributed by atoms with Crippen molar-refractivity contribution in [2.45, 2.75) is 25.8 Å². The predicted molar refractivity (Wildman–Crippen MR) is 59.3 cm³/mol. The molecule has 94 valence electrons. The van der Waals surface area contributed by atoms with Crippen molar-refractivity contribution in [2.75, 3.05) is 0 Å². The normalized spacial score (nSPS) is 17.3. The first-order valence-corrected chi connectivity index (χ1v) is 5.70. The lowest BCUT2D eigenvalue weighted by atomic mass is 9.69. The Balaban J connectivity index is 1.90. The summed E-state index contributed by atoms with van der Waals surface area (Å²) in [7, 11) is 0. The maximum atomic E-state index is 11.3. The number of aromatic amines is 1. The number of tetrazole rings is 1. The van der Waals surface area contributed by atoms with Gasteiger partial charge in [0.15, 0.2) is 5.82 Å². The molecule has 0 spiro atoms. The number of carbonyl (C=O) groups is 1. The number of hydrogen-bond acceptors (Lipinski definition) is 5. The smallest absolute Gasteiger partial charge is 0.311 e. The van der Waals surface area contributed by atoms with E-state index in [1.807, 2.05) is 0 Å². The quantitative estimate of drug-likeness (QED) is 0.806. The van der Waals surface area contributed by atoms with Gasteiger partial charge in [0.05, 0.1) is 23.7 Å². The molecule has 18 heavy (non-hydrogen) atoms. The third-order valence-corrected chi connectivity index (χ3v) is 3.51. The van der Waals surface area contributed by atoms with Crippen molar-refractivity contribution in [1.82, 2.24) is 30.4 Å². The van der Waals surface area contributed by atoms with Crippen LogP contribution in [0.25, 0.3) is 11.4 Å². The van der Waals surface area contributed by atoms with Crippen LogP contribution in [0.2, 0.25) is 0 Å². The van der Waals surface area contributed by atoms with Crippen molar-refractivity contribution in [1.29, 1.82) is 0 Å². The molecular weight excluding hydrogens is 236 g/mol. The lowest BCUT2D eigenvalue weighted by molar-refractivity contribution is -0.156. The summed E-state index contributed by atoms with van der Waals surface area (Å²) in [6.07, 6.45) is 5.57. The van der Waals surface area contributed by atoms with Crippen LogP contribution in [0, 0.1) is 5.41 Å². The maximum Gasteiger partial charge on any atom is 0.311 e. The minimum absolute atomic E-state index is 0.301. The Hall–Kier alpha value is -2.25. The highest BCUT2D eigenvalue weighted by Gasteiger charge is 2.45. The third kappa shape index (κ3) is 1.57. The van der Waals surface area contributed by atoms with Crippen molar-refractivity contribution in [3.63, 3.8) is 0 Å². The Bertz CT molecular complexity index is 557. The summed E-state index contributed by atoms with van der Waals surface area (Å²) >= 11 is 0. The molecule has 1 aliphatic carbocycles. The number of nitrogens with zero attached hydrogens (tertiary/aromatic N) is 5. The molecule has 0 aliphatic heterocycles. The van der Waals surface area contributed by atoms with E-state index < -0.39 is 11.4 Å². The first-order valence-electron chi connectivity index (χ1n) is 5.70. The van der Waals surface area contributed by atoms with Gasteiger partial charge in [-0.2, -0.15) is 5.10 Å². The van der Waals surface area contributed by atoms with Crippen molar-refractivity contribution in [3.05, 3.63) is 12.4 Å². The molecule has 1 aliphatic rings. The Morgan fingerprint density at radius 2 is 2.39 bits per heavy atom. The van der Waals surface area contributed by atoms with Crippen LogP contribution < -0.4 is 0 Å². The Morgan fingerprint density at radius 3 is 2.94 bits per heavy atom. The van der Waals surface area contributed by atoms with Gasteiger partial charge in [-0.3, -0.25) is 9.89 Å². The summed E-state index contributed by atoms with van der Waals surface area (Å²) in [6, 6.07) is 0.